The minimum atomic E-state index is 0.313. The minimum absolute atomic E-state index is 0.313. The molecule has 0 fully saturated rings. The van der Waals surface area contributed by atoms with Gasteiger partial charge < -0.3 is 15.5 Å². The van der Waals surface area contributed by atoms with Crippen molar-refractivity contribution in [1.29, 1.82) is 0 Å². The summed E-state index contributed by atoms with van der Waals surface area (Å²) < 4.78 is 0. The molecule has 0 amide bonds. The summed E-state index contributed by atoms with van der Waals surface area (Å²) in [7, 11) is 8.37. The van der Waals surface area contributed by atoms with Crippen molar-refractivity contribution in [3.63, 3.8) is 0 Å². The van der Waals surface area contributed by atoms with Gasteiger partial charge in [-0.3, -0.25) is 4.90 Å². The van der Waals surface area contributed by atoms with Crippen LogP contribution in [-0.2, 0) is 0 Å². The molecule has 4 heteroatoms. The zero-order valence-corrected chi connectivity index (χ0v) is 14.3. The molecule has 1 rings (SSSR count). The fraction of sp³-hybridized carbons (Fsp3) is 0.647. The highest BCUT2D eigenvalue weighted by Gasteiger charge is 2.17. The molecule has 4 nitrogen and oxygen atoms in total. The van der Waals surface area contributed by atoms with E-state index in [-0.39, 0.29) is 0 Å². The lowest BCUT2D eigenvalue weighted by Gasteiger charge is -2.31. The van der Waals surface area contributed by atoms with Crippen LogP contribution < -0.4 is 10.6 Å². The van der Waals surface area contributed by atoms with Crippen LogP contribution in [0.4, 0.5) is 5.69 Å². The fourth-order valence-corrected chi connectivity index (χ4v) is 2.61. The van der Waals surface area contributed by atoms with Crippen LogP contribution in [0.25, 0.3) is 0 Å². The maximum absolute atomic E-state index is 6.05. The van der Waals surface area contributed by atoms with Gasteiger partial charge in [-0.2, -0.15) is 0 Å². The molecule has 1 aromatic carbocycles. The van der Waals surface area contributed by atoms with Gasteiger partial charge in [0, 0.05) is 38.9 Å². The van der Waals surface area contributed by atoms with Crippen LogP contribution in [0.1, 0.15) is 24.9 Å². The van der Waals surface area contributed by atoms with Crippen molar-refractivity contribution in [2.75, 3.05) is 59.3 Å². The van der Waals surface area contributed by atoms with Crippen molar-refractivity contribution >= 4 is 5.69 Å². The number of benzene rings is 1. The monoisotopic (exact) mass is 292 g/mol. The molecule has 0 aromatic heterocycles. The Hall–Kier alpha value is -1.10. The molecule has 1 atom stereocenters. The van der Waals surface area contributed by atoms with Crippen molar-refractivity contribution in [3.05, 3.63) is 29.8 Å². The molecular formula is C17H32N4. The molecule has 2 N–H and O–H groups in total. The third-order valence-electron chi connectivity index (χ3n) is 3.92. The summed E-state index contributed by atoms with van der Waals surface area (Å²) in [5.74, 6) is 0. The second-order valence-electron chi connectivity index (χ2n) is 6.02. The predicted molar refractivity (Wildman–Crippen MR) is 93.0 cm³/mol. The lowest BCUT2D eigenvalue weighted by molar-refractivity contribution is 0.201. The van der Waals surface area contributed by atoms with E-state index in [2.05, 4.69) is 74.1 Å². The van der Waals surface area contributed by atoms with Crippen LogP contribution >= 0.6 is 0 Å². The number of rotatable bonds is 9. The van der Waals surface area contributed by atoms with Crippen molar-refractivity contribution in [2.45, 2.75) is 19.4 Å². The summed E-state index contributed by atoms with van der Waals surface area (Å²) in [4.78, 5) is 6.83. The molecule has 0 aliphatic rings. The number of anilines is 1. The molecule has 0 radical (unpaired) electrons. The summed E-state index contributed by atoms with van der Waals surface area (Å²) in [6.07, 6.45) is 1.17. The van der Waals surface area contributed by atoms with E-state index in [9.17, 15) is 0 Å². The summed E-state index contributed by atoms with van der Waals surface area (Å²) in [5.41, 5.74) is 8.59. The average Bonchev–Trinajstić information content (AvgIpc) is 2.46. The molecule has 120 valence electrons. The van der Waals surface area contributed by atoms with Gasteiger partial charge in [0.15, 0.2) is 0 Å². The molecule has 1 aromatic rings. The van der Waals surface area contributed by atoms with E-state index in [0.29, 0.717) is 12.6 Å². The molecule has 0 aliphatic heterocycles. The zero-order chi connectivity index (χ0) is 15.8. The normalized spacial score (nSPS) is 13.0. The number of nitrogens with zero attached hydrogens (tertiary/aromatic N) is 3. The van der Waals surface area contributed by atoms with Gasteiger partial charge in [-0.1, -0.05) is 19.1 Å². The van der Waals surface area contributed by atoms with Crippen molar-refractivity contribution in [1.82, 2.24) is 9.80 Å². The quantitative estimate of drug-likeness (QED) is 0.755. The average molecular weight is 292 g/mol. The van der Waals surface area contributed by atoms with E-state index in [1.165, 1.54) is 17.7 Å². The first kappa shape index (κ1) is 18.0. The minimum Gasteiger partial charge on any atom is -0.378 e. The SMILES string of the molecule is CCN(CCCN(C)C)C(CN)c1ccc(N(C)C)cc1. The van der Waals surface area contributed by atoms with Gasteiger partial charge in [-0.25, -0.2) is 0 Å². The van der Waals surface area contributed by atoms with Gasteiger partial charge >= 0.3 is 0 Å². The number of hydrogen-bond acceptors (Lipinski definition) is 4. The van der Waals surface area contributed by atoms with Gasteiger partial charge in [0.05, 0.1) is 0 Å². The molecule has 0 saturated heterocycles. The molecule has 0 aliphatic carbocycles. The highest BCUT2D eigenvalue weighted by molar-refractivity contribution is 5.46. The second kappa shape index (κ2) is 9.03. The number of nitrogens with two attached hydrogens (primary N) is 1. The van der Waals surface area contributed by atoms with E-state index in [4.69, 9.17) is 5.73 Å². The van der Waals surface area contributed by atoms with Crippen LogP contribution in [0.2, 0.25) is 0 Å². The molecule has 0 heterocycles. The van der Waals surface area contributed by atoms with Gasteiger partial charge in [-0.15, -0.1) is 0 Å². The smallest absolute Gasteiger partial charge is 0.0470 e. The van der Waals surface area contributed by atoms with Crippen LogP contribution in [0.15, 0.2) is 24.3 Å². The molecule has 0 saturated carbocycles. The maximum Gasteiger partial charge on any atom is 0.0470 e. The maximum atomic E-state index is 6.05. The van der Waals surface area contributed by atoms with Gasteiger partial charge in [-0.05, 0) is 51.3 Å². The fourth-order valence-electron chi connectivity index (χ4n) is 2.61. The Kier molecular flexibility index (Phi) is 7.72. The number of hydrogen-bond donors (Lipinski definition) is 1. The summed E-state index contributed by atoms with van der Waals surface area (Å²) >= 11 is 0. The van der Waals surface area contributed by atoms with Gasteiger partial charge in [0.1, 0.15) is 0 Å². The predicted octanol–water partition coefficient (Wildman–Crippen LogP) is 2.03. The van der Waals surface area contributed by atoms with Crippen LogP contribution in [0, 0.1) is 0 Å². The Morgan fingerprint density at radius 1 is 1.00 bits per heavy atom. The summed E-state index contributed by atoms with van der Waals surface area (Å²) in [6.45, 7) is 6.12. The molecule has 0 bridgehead atoms. The van der Waals surface area contributed by atoms with Gasteiger partial charge in [0.25, 0.3) is 0 Å². The third kappa shape index (κ3) is 5.65. The van der Waals surface area contributed by atoms with Crippen LogP contribution in [0.3, 0.4) is 0 Å². The Bertz CT molecular complexity index is 386. The van der Waals surface area contributed by atoms with E-state index in [1.807, 2.05) is 0 Å². The first-order valence-corrected chi connectivity index (χ1v) is 7.85. The van der Waals surface area contributed by atoms with Crippen LogP contribution in [-0.4, -0.2) is 64.2 Å². The highest BCUT2D eigenvalue weighted by atomic mass is 15.2. The third-order valence-corrected chi connectivity index (χ3v) is 3.92. The lowest BCUT2D eigenvalue weighted by atomic mass is 10.0. The second-order valence-corrected chi connectivity index (χ2v) is 6.02. The largest absolute Gasteiger partial charge is 0.378 e. The Morgan fingerprint density at radius 3 is 2.05 bits per heavy atom. The standard InChI is InChI=1S/C17H32N4/c1-6-21(13-7-12-19(2)3)17(14-18)15-8-10-16(11-9-15)20(4)5/h8-11,17H,6-7,12-14,18H2,1-5H3. The zero-order valence-electron chi connectivity index (χ0n) is 14.3. The topological polar surface area (TPSA) is 35.7 Å². The molecule has 21 heavy (non-hydrogen) atoms. The van der Waals surface area contributed by atoms with Crippen molar-refractivity contribution in [2.24, 2.45) is 5.73 Å². The Morgan fingerprint density at radius 2 is 1.62 bits per heavy atom. The molecule has 0 spiro atoms. The first-order valence-electron chi connectivity index (χ1n) is 7.85. The molecule has 1 unspecified atom stereocenters. The van der Waals surface area contributed by atoms with Crippen molar-refractivity contribution < 1.29 is 0 Å². The summed E-state index contributed by atoms with van der Waals surface area (Å²) in [5, 5.41) is 0. The van der Waals surface area contributed by atoms with Gasteiger partial charge in [0.2, 0.25) is 0 Å². The summed E-state index contributed by atoms with van der Waals surface area (Å²) in [6, 6.07) is 9.08. The van der Waals surface area contributed by atoms with E-state index < -0.39 is 0 Å². The van der Waals surface area contributed by atoms with E-state index in [0.717, 1.165) is 19.6 Å². The van der Waals surface area contributed by atoms with Crippen LogP contribution in [0.5, 0.6) is 0 Å². The van der Waals surface area contributed by atoms with E-state index >= 15 is 0 Å². The lowest BCUT2D eigenvalue weighted by Crippen LogP contribution is -2.35. The highest BCUT2D eigenvalue weighted by Crippen LogP contribution is 2.22. The first-order chi connectivity index (χ1) is 9.99. The molecular weight excluding hydrogens is 260 g/mol. The Labute approximate surface area is 130 Å². The van der Waals surface area contributed by atoms with E-state index in [1.54, 1.807) is 0 Å². The Balaban J connectivity index is 2.73. The number of likely N-dealkylation sites (N-methyl/N-ethyl adjacent to an activating group) is 1. The van der Waals surface area contributed by atoms with Crippen molar-refractivity contribution in [3.8, 4) is 0 Å².